The van der Waals surface area contributed by atoms with E-state index in [1.54, 1.807) is 0 Å². The third-order valence-corrected chi connectivity index (χ3v) is 6.42. The number of azo groups is 1. The fraction of sp³-hybridized carbons (Fsp3) is 0.318. The number of aromatic hydroxyl groups is 1. The topological polar surface area (TPSA) is 77.8 Å². The summed E-state index contributed by atoms with van der Waals surface area (Å²) < 4.78 is 1.62. The molecule has 1 heterocycles. The highest BCUT2D eigenvalue weighted by Crippen LogP contribution is 2.49. The van der Waals surface area contributed by atoms with Crippen LogP contribution in [0, 0.1) is 5.92 Å². The predicted octanol–water partition coefficient (Wildman–Crippen LogP) is 7.11. The van der Waals surface area contributed by atoms with Gasteiger partial charge in [-0.3, -0.25) is 4.79 Å². The van der Waals surface area contributed by atoms with Crippen LogP contribution < -0.4 is 0 Å². The van der Waals surface area contributed by atoms with Crippen molar-refractivity contribution < 1.29 is 9.90 Å². The maximum atomic E-state index is 12.5. The molecule has 0 bridgehead atoms. The van der Waals surface area contributed by atoms with Crippen LogP contribution in [0.3, 0.4) is 0 Å². The fourth-order valence-electron chi connectivity index (χ4n) is 3.53. The van der Waals surface area contributed by atoms with Gasteiger partial charge >= 0.3 is 0 Å². The average Bonchev–Trinajstić information content (AvgIpc) is 3.38. The first-order valence-corrected chi connectivity index (χ1v) is 11.0. The number of nitrogens with zero attached hydrogens (tertiary/aromatic N) is 2. The third-order valence-electron chi connectivity index (χ3n) is 5.34. The molecule has 2 unspecified atom stereocenters. The first-order valence-electron chi connectivity index (χ1n) is 9.41. The number of fused-ring (bicyclic) bond motifs is 1. The minimum Gasteiger partial charge on any atom is -0.493 e. The molecule has 2 N–H and O–H groups in total. The van der Waals surface area contributed by atoms with Gasteiger partial charge in [0.2, 0.25) is 5.88 Å². The molecule has 0 spiro atoms. The average molecular weight is 519 g/mol. The van der Waals surface area contributed by atoms with Crippen LogP contribution in [0.4, 0.5) is 5.69 Å². The molecule has 3 aromatic rings. The summed E-state index contributed by atoms with van der Waals surface area (Å²) in [7, 11) is 0. The lowest BCUT2D eigenvalue weighted by molar-refractivity contribution is -0.119. The fourth-order valence-corrected chi connectivity index (χ4v) is 4.86. The van der Waals surface area contributed by atoms with Gasteiger partial charge in [-0.15, -0.1) is 10.2 Å². The van der Waals surface area contributed by atoms with E-state index in [0.717, 1.165) is 20.9 Å². The van der Waals surface area contributed by atoms with Gasteiger partial charge in [-0.2, -0.15) is 0 Å². The summed E-state index contributed by atoms with van der Waals surface area (Å²) in [5, 5.41) is 18.8. The van der Waals surface area contributed by atoms with Crippen molar-refractivity contribution in [2.45, 2.75) is 38.5 Å². The Labute approximate surface area is 185 Å². The lowest BCUT2D eigenvalue weighted by Gasteiger charge is -2.19. The maximum Gasteiger partial charge on any atom is 0.268 e. The van der Waals surface area contributed by atoms with Gasteiger partial charge in [0.1, 0.15) is 0 Å². The van der Waals surface area contributed by atoms with E-state index < -0.39 is 0 Å². The van der Waals surface area contributed by atoms with E-state index in [1.165, 1.54) is 5.56 Å². The van der Waals surface area contributed by atoms with Gasteiger partial charge in [0.15, 0.2) is 5.69 Å². The van der Waals surface area contributed by atoms with Gasteiger partial charge in [-0.25, -0.2) is 0 Å². The number of carbonyl (C=O) groups is 1. The standard InChI is InChI=1S/C22H21Br2N3O2/c1-22(2,3)12-6-4-11(5-7-12)14-10-15(14)20(28)27-26-19-16-8-13(23)9-17(24)18(16)25-21(19)29/h4-9,14-15,25,29H,10H2,1-3H3. The highest BCUT2D eigenvalue weighted by atomic mass is 79.9. The molecular weight excluding hydrogens is 498 g/mol. The Kier molecular flexibility index (Phi) is 5.15. The number of aromatic amines is 1. The van der Waals surface area contributed by atoms with Crippen LogP contribution in [-0.2, 0) is 10.2 Å². The van der Waals surface area contributed by atoms with Crippen LogP contribution in [-0.4, -0.2) is 16.0 Å². The van der Waals surface area contributed by atoms with Crippen molar-refractivity contribution in [2.75, 3.05) is 0 Å². The van der Waals surface area contributed by atoms with Crippen molar-refractivity contribution in [3.8, 4) is 5.88 Å². The van der Waals surface area contributed by atoms with Gasteiger partial charge in [0, 0.05) is 20.2 Å². The lowest BCUT2D eigenvalue weighted by Crippen LogP contribution is -2.10. The van der Waals surface area contributed by atoms with Crippen LogP contribution in [0.15, 0.2) is 55.6 Å². The van der Waals surface area contributed by atoms with Crippen molar-refractivity contribution in [1.82, 2.24) is 4.98 Å². The van der Waals surface area contributed by atoms with Crippen molar-refractivity contribution in [1.29, 1.82) is 0 Å². The zero-order chi connectivity index (χ0) is 20.9. The quantitative estimate of drug-likeness (QED) is 0.362. The van der Waals surface area contributed by atoms with E-state index in [-0.39, 0.29) is 34.7 Å². The zero-order valence-electron chi connectivity index (χ0n) is 16.3. The Balaban J connectivity index is 1.51. The van der Waals surface area contributed by atoms with Crippen LogP contribution >= 0.6 is 31.9 Å². The Morgan fingerprint density at radius 3 is 2.52 bits per heavy atom. The number of hydrogen-bond acceptors (Lipinski definition) is 3. The molecule has 1 aliphatic rings. The molecule has 29 heavy (non-hydrogen) atoms. The minimum atomic E-state index is -0.252. The van der Waals surface area contributed by atoms with E-state index >= 15 is 0 Å². The molecular formula is C22H21Br2N3O2. The molecule has 1 aliphatic carbocycles. The minimum absolute atomic E-state index is 0.108. The predicted molar refractivity (Wildman–Crippen MR) is 121 cm³/mol. The molecule has 0 radical (unpaired) electrons. The summed E-state index contributed by atoms with van der Waals surface area (Å²) in [5.41, 5.74) is 3.51. The largest absolute Gasteiger partial charge is 0.493 e. The van der Waals surface area contributed by atoms with Crippen LogP contribution in [0.25, 0.3) is 10.9 Å². The van der Waals surface area contributed by atoms with Crippen LogP contribution in [0.5, 0.6) is 5.88 Å². The van der Waals surface area contributed by atoms with Crippen molar-refractivity contribution in [2.24, 2.45) is 16.1 Å². The Morgan fingerprint density at radius 2 is 1.86 bits per heavy atom. The summed E-state index contributed by atoms with van der Waals surface area (Å²) in [5.74, 6) is -0.321. The second-order valence-electron chi connectivity index (χ2n) is 8.49. The second-order valence-corrected chi connectivity index (χ2v) is 10.3. The highest BCUT2D eigenvalue weighted by Gasteiger charge is 2.44. The summed E-state index contributed by atoms with van der Waals surface area (Å²) in [4.78, 5) is 15.4. The Bertz CT molecular complexity index is 1130. The second kappa shape index (κ2) is 7.36. The summed E-state index contributed by atoms with van der Waals surface area (Å²) in [6.07, 6.45) is 0.781. The Morgan fingerprint density at radius 1 is 1.17 bits per heavy atom. The number of nitrogens with one attached hydrogen (secondary N) is 1. The number of rotatable bonds is 3. The first kappa shape index (κ1) is 20.3. The molecule has 5 nitrogen and oxygen atoms in total. The molecule has 150 valence electrons. The number of hydrogen-bond donors (Lipinski definition) is 2. The molecule has 2 aromatic carbocycles. The smallest absolute Gasteiger partial charge is 0.268 e. The van der Waals surface area contributed by atoms with Gasteiger partial charge < -0.3 is 10.1 Å². The normalized spacial score (nSPS) is 19.2. The lowest BCUT2D eigenvalue weighted by atomic mass is 9.86. The molecule has 0 saturated heterocycles. The van der Waals surface area contributed by atoms with Gasteiger partial charge in [-0.1, -0.05) is 61.0 Å². The van der Waals surface area contributed by atoms with E-state index in [1.807, 2.05) is 12.1 Å². The number of aromatic nitrogens is 1. The van der Waals surface area contributed by atoms with E-state index in [0.29, 0.717) is 10.9 Å². The van der Waals surface area contributed by atoms with E-state index in [9.17, 15) is 9.90 Å². The molecule has 1 aromatic heterocycles. The van der Waals surface area contributed by atoms with Crippen LogP contribution in [0.2, 0.25) is 0 Å². The molecule has 1 fully saturated rings. The first-order chi connectivity index (χ1) is 13.6. The molecule has 0 aliphatic heterocycles. The monoisotopic (exact) mass is 517 g/mol. The summed E-state index contributed by atoms with van der Waals surface area (Å²) in [6.45, 7) is 6.55. The van der Waals surface area contributed by atoms with E-state index in [2.05, 4.69) is 92.1 Å². The zero-order valence-corrected chi connectivity index (χ0v) is 19.5. The van der Waals surface area contributed by atoms with Gasteiger partial charge in [0.25, 0.3) is 5.91 Å². The van der Waals surface area contributed by atoms with Crippen molar-refractivity contribution in [3.05, 3.63) is 56.5 Å². The van der Waals surface area contributed by atoms with Gasteiger partial charge in [0.05, 0.1) is 5.52 Å². The van der Waals surface area contributed by atoms with Crippen LogP contribution in [0.1, 0.15) is 44.2 Å². The molecule has 1 saturated carbocycles. The number of halogens is 2. The summed E-state index contributed by atoms with van der Waals surface area (Å²) in [6, 6.07) is 12.2. The highest BCUT2D eigenvalue weighted by molar-refractivity contribution is 9.11. The summed E-state index contributed by atoms with van der Waals surface area (Å²) >= 11 is 6.87. The SMILES string of the molecule is CC(C)(C)c1ccc(C2CC2C(=O)N=Nc2c(O)[nH]c3c(Br)cc(Br)cc23)cc1. The molecule has 7 heteroatoms. The van der Waals surface area contributed by atoms with Gasteiger partial charge in [-0.05, 0) is 56.9 Å². The molecule has 1 amide bonds. The third kappa shape index (κ3) is 4.03. The van der Waals surface area contributed by atoms with E-state index in [4.69, 9.17) is 0 Å². The molecule has 4 rings (SSSR count). The van der Waals surface area contributed by atoms with Crippen molar-refractivity contribution in [3.63, 3.8) is 0 Å². The maximum absolute atomic E-state index is 12.5. The number of benzene rings is 2. The number of H-pyrrole nitrogens is 1. The number of amides is 1. The molecule has 2 atom stereocenters. The van der Waals surface area contributed by atoms with Crippen molar-refractivity contribution >= 4 is 54.4 Å². The number of carbonyl (C=O) groups excluding carboxylic acids is 1. The Hall–Kier alpha value is -1.99.